The van der Waals surface area contributed by atoms with E-state index in [4.69, 9.17) is 0 Å². The first-order valence-corrected chi connectivity index (χ1v) is 7.68. The molecule has 1 aromatic rings. The quantitative estimate of drug-likeness (QED) is 0.899. The van der Waals surface area contributed by atoms with E-state index in [1.54, 1.807) is 6.20 Å². The van der Waals surface area contributed by atoms with Gasteiger partial charge in [-0.05, 0) is 32.1 Å². The maximum absolute atomic E-state index is 12.4. The lowest BCUT2D eigenvalue weighted by Crippen LogP contribution is -2.45. The lowest BCUT2D eigenvalue weighted by Gasteiger charge is -2.32. The monoisotopic (exact) mass is 278 g/mol. The average molecular weight is 278 g/mol. The molecular formula is C15H26N4O. The van der Waals surface area contributed by atoms with Crippen molar-refractivity contribution < 1.29 is 4.79 Å². The van der Waals surface area contributed by atoms with Crippen LogP contribution >= 0.6 is 0 Å². The third-order valence-corrected chi connectivity index (χ3v) is 3.93. The number of nitrogens with one attached hydrogen (secondary N) is 1. The van der Waals surface area contributed by atoms with Crippen LogP contribution in [0.15, 0.2) is 12.4 Å². The Hall–Kier alpha value is -1.52. The van der Waals surface area contributed by atoms with Gasteiger partial charge < -0.3 is 10.2 Å². The fourth-order valence-corrected chi connectivity index (χ4v) is 2.60. The van der Waals surface area contributed by atoms with Gasteiger partial charge in [0.25, 0.3) is 0 Å². The largest absolute Gasteiger partial charge is 0.371 e. The van der Waals surface area contributed by atoms with Gasteiger partial charge in [0.2, 0.25) is 5.91 Å². The number of aryl methyl sites for hydroxylation is 1. The van der Waals surface area contributed by atoms with Crippen LogP contribution in [0.5, 0.6) is 0 Å². The Kier molecular flexibility index (Phi) is 5.04. The summed E-state index contributed by atoms with van der Waals surface area (Å²) in [5.41, 5.74) is 0.921. The minimum Gasteiger partial charge on any atom is -0.371 e. The molecule has 1 N–H and O–H groups in total. The molecule has 5 heteroatoms. The molecule has 2 rings (SSSR count). The molecule has 0 saturated carbocycles. The standard InChI is InChI=1S/C15H26N4O/c1-4-7-19-11-14(10-16-19)17-13(3)15(20)18-8-5-12(2)6-9-18/h10-13,17H,4-9H2,1-3H3/t13-/m1/s1. The van der Waals surface area contributed by atoms with Crippen LogP contribution in [0.4, 0.5) is 5.69 Å². The van der Waals surface area contributed by atoms with E-state index in [1.165, 1.54) is 0 Å². The van der Waals surface area contributed by atoms with Gasteiger partial charge in [-0.2, -0.15) is 5.10 Å². The first kappa shape index (κ1) is 14.9. The van der Waals surface area contributed by atoms with Crippen molar-refractivity contribution in [2.75, 3.05) is 18.4 Å². The van der Waals surface area contributed by atoms with Crippen molar-refractivity contribution in [1.82, 2.24) is 14.7 Å². The van der Waals surface area contributed by atoms with E-state index in [1.807, 2.05) is 22.7 Å². The summed E-state index contributed by atoms with van der Waals surface area (Å²) in [7, 11) is 0. The number of likely N-dealkylation sites (tertiary alicyclic amines) is 1. The lowest BCUT2D eigenvalue weighted by atomic mass is 9.99. The highest BCUT2D eigenvalue weighted by Crippen LogP contribution is 2.17. The van der Waals surface area contributed by atoms with Crippen molar-refractivity contribution in [3.8, 4) is 0 Å². The highest BCUT2D eigenvalue weighted by Gasteiger charge is 2.24. The van der Waals surface area contributed by atoms with Crippen molar-refractivity contribution in [1.29, 1.82) is 0 Å². The molecule has 2 heterocycles. The summed E-state index contributed by atoms with van der Waals surface area (Å²) in [4.78, 5) is 14.4. The molecular weight excluding hydrogens is 252 g/mol. The first-order chi connectivity index (χ1) is 9.60. The maximum atomic E-state index is 12.4. The highest BCUT2D eigenvalue weighted by atomic mass is 16.2. The summed E-state index contributed by atoms with van der Waals surface area (Å²) < 4.78 is 1.90. The number of piperidine rings is 1. The molecule has 1 saturated heterocycles. The minimum atomic E-state index is -0.192. The summed E-state index contributed by atoms with van der Waals surface area (Å²) in [6.07, 6.45) is 7.05. The Morgan fingerprint density at radius 3 is 2.85 bits per heavy atom. The Bertz CT molecular complexity index is 435. The molecule has 1 fully saturated rings. The molecule has 20 heavy (non-hydrogen) atoms. The van der Waals surface area contributed by atoms with Gasteiger partial charge in [0, 0.05) is 25.8 Å². The van der Waals surface area contributed by atoms with E-state index in [-0.39, 0.29) is 11.9 Å². The van der Waals surface area contributed by atoms with E-state index in [0.717, 1.165) is 50.5 Å². The molecule has 1 amide bonds. The fourth-order valence-electron chi connectivity index (χ4n) is 2.60. The lowest BCUT2D eigenvalue weighted by molar-refractivity contribution is -0.132. The molecule has 1 aliphatic heterocycles. The normalized spacial score (nSPS) is 18.1. The molecule has 0 aliphatic carbocycles. The van der Waals surface area contributed by atoms with Crippen molar-refractivity contribution in [2.24, 2.45) is 5.92 Å². The van der Waals surface area contributed by atoms with Gasteiger partial charge >= 0.3 is 0 Å². The molecule has 112 valence electrons. The van der Waals surface area contributed by atoms with E-state index in [0.29, 0.717) is 0 Å². The van der Waals surface area contributed by atoms with Gasteiger partial charge in [-0.25, -0.2) is 0 Å². The smallest absolute Gasteiger partial charge is 0.244 e. The van der Waals surface area contributed by atoms with E-state index in [9.17, 15) is 4.79 Å². The van der Waals surface area contributed by atoms with Crippen LogP contribution in [0.1, 0.15) is 40.0 Å². The molecule has 0 bridgehead atoms. The number of amides is 1. The predicted octanol–water partition coefficient (Wildman–Crippen LogP) is 2.35. The predicted molar refractivity (Wildman–Crippen MR) is 80.6 cm³/mol. The second kappa shape index (κ2) is 6.77. The molecule has 0 spiro atoms. The number of rotatable bonds is 5. The third-order valence-electron chi connectivity index (χ3n) is 3.93. The van der Waals surface area contributed by atoms with Crippen molar-refractivity contribution in [2.45, 2.75) is 52.6 Å². The Balaban J connectivity index is 1.86. The first-order valence-electron chi connectivity index (χ1n) is 7.68. The SMILES string of the molecule is CCCn1cc(N[C@H](C)C(=O)N2CCC(C)CC2)cn1. The topological polar surface area (TPSA) is 50.2 Å². The zero-order chi connectivity index (χ0) is 14.5. The van der Waals surface area contributed by atoms with Crippen molar-refractivity contribution in [3.63, 3.8) is 0 Å². The highest BCUT2D eigenvalue weighted by molar-refractivity contribution is 5.84. The average Bonchev–Trinajstić information content (AvgIpc) is 2.86. The van der Waals surface area contributed by atoms with Gasteiger partial charge in [0.15, 0.2) is 0 Å². The summed E-state index contributed by atoms with van der Waals surface area (Å²) in [5, 5.41) is 7.52. The van der Waals surface area contributed by atoms with Gasteiger partial charge in [-0.15, -0.1) is 0 Å². The van der Waals surface area contributed by atoms with E-state index >= 15 is 0 Å². The van der Waals surface area contributed by atoms with Gasteiger partial charge in [0.1, 0.15) is 6.04 Å². The number of carbonyl (C=O) groups excluding carboxylic acids is 1. The van der Waals surface area contributed by atoms with Crippen LogP contribution in [-0.2, 0) is 11.3 Å². The fraction of sp³-hybridized carbons (Fsp3) is 0.733. The number of hydrogen-bond donors (Lipinski definition) is 1. The van der Waals surface area contributed by atoms with Crippen LogP contribution in [0, 0.1) is 5.92 Å². The summed E-state index contributed by atoms with van der Waals surface area (Å²) in [6.45, 7) is 9.00. The number of aromatic nitrogens is 2. The molecule has 0 unspecified atom stereocenters. The van der Waals surface area contributed by atoms with E-state index < -0.39 is 0 Å². The molecule has 5 nitrogen and oxygen atoms in total. The zero-order valence-electron chi connectivity index (χ0n) is 12.8. The molecule has 1 aliphatic rings. The summed E-state index contributed by atoms with van der Waals surface area (Å²) >= 11 is 0. The number of hydrogen-bond acceptors (Lipinski definition) is 3. The second-order valence-electron chi connectivity index (χ2n) is 5.87. The molecule has 1 aromatic heterocycles. The summed E-state index contributed by atoms with van der Waals surface area (Å²) in [6, 6.07) is -0.192. The second-order valence-corrected chi connectivity index (χ2v) is 5.87. The molecule has 1 atom stereocenters. The Morgan fingerprint density at radius 2 is 2.20 bits per heavy atom. The summed E-state index contributed by atoms with van der Waals surface area (Å²) in [5.74, 6) is 0.940. The van der Waals surface area contributed by atoms with Gasteiger partial charge in [-0.3, -0.25) is 9.48 Å². The van der Waals surface area contributed by atoms with Crippen LogP contribution in [0.25, 0.3) is 0 Å². The maximum Gasteiger partial charge on any atom is 0.244 e. The Morgan fingerprint density at radius 1 is 1.50 bits per heavy atom. The van der Waals surface area contributed by atoms with Crippen molar-refractivity contribution in [3.05, 3.63) is 12.4 Å². The van der Waals surface area contributed by atoms with E-state index in [2.05, 4.69) is 24.3 Å². The van der Waals surface area contributed by atoms with Crippen LogP contribution in [0.2, 0.25) is 0 Å². The minimum absolute atomic E-state index is 0.192. The van der Waals surface area contributed by atoms with Crippen molar-refractivity contribution >= 4 is 11.6 Å². The van der Waals surface area contributed by atoms with Gasteiger partial charge in [0.05, 0.1) is 11.9 Å². The van der Waals surface area contributed by atoms with Crippen LogP contribution in [0.3, 0.4) is 0 Å². The number of nitrogens with zero attached hydrogens (tertiary/aromatic N) is 3. The number of anilines is 1. The molecule has 0 radical (unpaired) electrons. The Labute approximate surface area is 121 Å². The van der Waals surface area contributed by atoms with Crippen LogP contribution in [-0.4, -0.2) is 39.7 Å². The zero-order valence-corrected chi connectivity index (χ0v) is 12.8. The third kappa shape index (κ3) is 3.74. The molecule has 0 aromatic carbocycles. The number of carbonyl (C=O) groups is 1. The van der Waals surface area contributed by atoms with Crippen LogP contribution < -0.4 is 5.32 Å². The van der Waals surface area contributed by atoms with Gasteiger partial charge in [-0.1, -0.05) is 13.8 Å².